The monoisotopic (exact) mass is 535 g/mol. The molecule has 0 fully saturated rings. The van der Waals surface area contributed by atoms with Gasteiger partial charge in [-0.2, -0.15) is 0 Å². The van der Waals surface area contributed by atoms with Gasteiger partial charge in [0.1, 0.15) is 18.3 Å². The first-order chi connectivity index (χ1) is 20.2. The molecule has 5 heteroatoms. The maximum absolute atomic E-state index is 13.7. The summed E-state index contributed by atoms with van der Waals surface area (Å²) in [4.78, 5) is 13.7. The Kier molecular flexibility index (Phi) is 9.55. The van der Waals surface area contributed by atoms with E-state index in [9.17, 15) is 4.79 Å². The Hall–Kier alpha value is -3.87. The zero-order chi connectivity index (χ0) is 28.3. The molecule has 5 nitrogen and oxygen atoms in total. The molecule has 1 aliphatic carbocycles. The van der Waals surface area contributed by atoms with Crippen molar-refractivity contribution in [2.24, 2.45) is 0 Å². The van der Waals surface area contributed by atoms with Gasteiger partial charge >= 0.3 is 0 Å². The smallest absolute Gasteiger partial charge is 0.187 e. The minimum atomic E-state index is -1.01. The van der Waals surface area contributed by atoms with E-state index in [2.05, 4.69) is 0 Å². The molecule has 4 aromatic rings. The van der Waals surface area contributed by atoms with Gasteiger partial charge in [0, 0.05) is 0 Å². The van der Waals surface area contributed by atoms with Crippen LogP contribution < -0.4 is 0 Å². The number of hydrogen-bond donors (Lipinski definition) is 0. The fourth-order valence-electron chi connectivity index (χ4n) is 4.61. The quantitative estimate of drug-likeness (QED) is 0.196. The summed E-state index contributed by atoms with van der Waals surface area (Å²) in [7, 11) is 0. The lowest BCUT2D eigenvalue weighted by atomic mass is 9.90. The van der Waals surface area contributed by atoms with Crippen molar-refractivity contribution >= 4 is 5.78 Å². The molecule has 0 unspecified atom stereocenters. The zero-order valence-corrected chi connectivity index (χ0v) is 22.4. The molecule has 204 valence electrons. The van der Waals surface area contributed by atoms with E-state index in [1.165, 1.54) is 0 Å². The average Bonchev–Trinajstić information content (AvgIpc) is 3.03. The Bertz CT molecular complexity index is 1390. The number of carbonyl (C=O) groups is 1. The van der Waals surface area contributed by atoms with Crippen molar-refractivity contribution in [1.29, 1.82) is 0 Å². The maximum atomic E-state index is 13.7. The Labute approximate surface area is 237 Å². The lowest BCUT2D eigenvalue weighted by Gasteiger charge is -2.37. The third-order valence-electron chi connectivity index (χ3n) is 6.68. The summed E-state index contributed by atoms with van der Waals surface area (Å²) in [5.74, 6) is -0.433. The molecule has 0 bridgehead atoms. The number of ketones is 1. The standard InChI is InChI=1S/C35H34O5/c36-32-21-31(26-37-22-27-13-5-1-6-14-27)33(38-23-28-15-7-2-8-16-28)35(40-25-30-19-11-4-12-20-30)34(32)39-24-29-17-9-3-10-18-29/h1-21,33-35H,22-26H2/t33-,34+,35+/m1/s1/i21D. The van der Waals surface area contributed by atoms with Crippen molar-refractivity contribution in [3.05, 3.63) is 155 Å². The van der Waals surface area contributed by atoms with E-state index in [0.29, 0.717) is 12.2 Å². The lowest BCUT2D eigenvalue weighted by Crippen LogP contribution is -2.51. The van der Waals surface area contributed by atoms with Gasteiger partial charge in [0.15, 0.2) is 5.78 Å². The van der Waals surface area contributed by atoms with Gasteiger partial charge < -0.3 is 18.9 Å². The molecule has 0 N–H and O–H groups in total. The van der Waals surface area contributed by atoms with Crippen LogP contribution in [0.5, 0.6) is 0 Å². The van der Waals surface area contributed by atoms with Gasteiger partial charge in [-0.25, -0.2) is 0 Å². The molecule has 40 heavy (non-hydrogen) atoms. The van der Waals surface area contributed by atoms with Crippen LogP contribution in [-0.2, 0) is 50.2 Å². The topological polar surface area (TPSA) is 54.0 Å². The van der Waals surface area contributed by atoms with Crippen LogP contribution in [0.25, 0.3) is 0 Å². The van der Waals surface area contributed by atoms with Crippen molar-refractivity contribution in [3.63, 3.8) is 0 Å². The molecule has 0 heterocycles. The van der Waals surface area contributed by atoms with E-state index in [1.54, 1.807) is 0 Å². The normalized spacial score (nSPS) is 19.4. The first-order valence-electron chi connectivity index (χ1n) is 14.0. The minimum Gasteiger partial charge on any atom is -0.372 e. The summed E-state index contributed by atoms with van der Waals surface area (Å²) in [6.07, 6.45) is -2.51. The molecule has 0 radical (unpaired) electrons. The second-order valence-electron chi connectivity index (χ2n) is 9.69. The molecule has 0 aliphatic heterocycles. The van der Waals surface area contributed by atoms with Crippen molar-refractivity contribution in [2.75, 3.05) is 6.61 Å². The first kappa shape index (κ1) is 26.4. The van der Waals surface area contributed by atoms with E-state index in [-0.39, 0.29) is 32.5 Å². The second-order valence-corrected chi connectivity index (χ2v) is 9.69. The summed E-state index contributed by atoms with van der Waals surface area (Å²) in [6, 6.07) is 38.9. The number of ether oxygens (including phenoxy) is 4. The van der Waals surface area contributed by atoms with Crippen molar-refractivity contribution in [3.8, 4) is 0 Å². The number of benzene rings is 4. The van der Waals surface area contributed by atoms with E-state index in [4.69, 9.17) is 20.3 Å². The second kappa shape index (κ2) is 14.5. The van der Waals surface area contributed by atoms with Crippen LogP contribution in [0.1, 0.15) is 23.6 Å². The highest BCUT2D eigenvalue weighted by Gasteiger charge is 2.42. The van der Waals surface area contributed by atoms with Crippen LogP contribution in [0.2, 0.25) is 0 Å². The summed E-state index contributed by atoms with van der Waals surface area (Å²) in [5.41, 5.74) is 4.33. The summed E-state index contributed by atoms with van der Waals surface area (Å²) in [6.45, 7) is 1.17. The van der Waals surface area contributed by atoms with Gasteiger partial charge in [-0.3, -0.25) is 4.79 Å². The van der Waals surface area contributed by atoms with Crippen LogP contribution in [0.4, 0.5) is 0 Å². The van der Waals surface area contributed by atoms with E-state index in [1.807, 2.05) is 121 Å². The van der Waals surface area contributed by atoms with Gasteiger partial charge in [-0.15, -0.1) is 0 Å². The van der Waals surface area contributed by atoms with Crippen LogP contribution >= 0.6 is 0 Å². The van der Waals surface area contributed by atoms with Crippen LogP contribution in [0.15, 0.2) is 133 Å². The van der Waals surface area contributed by atoms with E-state index < -0.39 is 24.1 Å². The fraction of sp³-hybridized carbons (Fsp3) is 0.229. The molecule has 1 aliphatic rings. The van der Waals surface area contributed by atoms with E-state index >= 15 is 0 Å². The summed E-state index contributed by atoms with van der Waals surface area (Å²) >= 11 is 0. The zero-order valence-electron chi connectivity index (χ0n) is 23.4. The fourth-order valence-corrected chi connectivity index (χ4v) is 4.61. The molecule has 0 aromatic heterocycles. The molecular weight excluding hydrogens is 500 g/mol. The largest absolute Gasteiger partial charge is 0.372 e. The Morgan fingerprint density at radius 1 is 0.500 bits per heavy atom. The Balaban J connectivity index is 1.43. The third kappa shape index (κ3) is 7.84. The van der Waals surface area contributed by atoms with E-state index in [0.717, 1.165) is 22.3 Å². The van der Waals surface area contributed by atoms with Gasteiger partial charge in [-0.05, 0) is 33.9 Å². The predicted molar refractivity (Wildman–Crippen MR) is 154 cm³/mol. The third-order valence-corrected chi connectivity index (χ3v) is 6.68. The van der Waals surface area contributed by atoms with Crippen LogP contribution in [0.3, 0.4) is 0 Å². The van der Waals surface area contributed by atoms with Gasteiger partial charge in [0.25, 0.3) is 0 Å². The Morgan fingerprint density at radius 3 is 1.38 bits per heavy atom. The highest BCUT2D eigenvalue weighted by atomic mass is 16.6. The first-order valence-corrected chi connectivity index (χ1v) is 13.5. The Morgan fingerprint density at radius 2 is 0.900 bits per heavy atom. The molecule has 4 aromatic carbocycles. The molecule has 0 saturated heterocycles. The van der Waals surface area contributed by atoms with Crippen molar-refractivity contribution in [1.82, 2.24) is 0 Å². The number of hydrogen-bond acceptors (Lipinski definition) is 5. The highest BCUT2D eigenvalue weighted by molar-refractivity contribution is 5.96. The highest BCUT2D eigenvalue weighted by Crippen LogP contribution is 2.28. The lowest BCUT2D eigenvalue weighted by molar-refractivity contribution is -0.163. The average molecular weight is 536 g/mol. The van der Waals surface area contributed by atoms with Gasteiger partial charge in [0.05, 0.1) is 34.4 Å². The number of carbonyl (C=O) groups excluding carboxylic acids is 1. The van der Waals surface area contributed by atoms with Crippen LogP contribution in [-0.4, -0.2) is 30.7 Å². The molecule has 3 atom stereocenters. The van der Waals surface area contributed by atoms with Crippen LogP contribution in [0, 0.1) is 0 Å². The van der Waals surface area contributed by atoms with Crippen molar-refractivity contribution in [2.45, 2.75) is 44.7 Å². The van der Waals surface area contributed by atoms with Gasteiger partial charge in [0.2, 0.25) is 0 Å². The summed E-state index contributed by atoms with van der Waals surface area (Å²) < 4.78 is 34.0. The maximum Gasteiger partial charge on any atom is 0.187 e. The molecule has 5 rings (SSSR count). The SMILES string of the molecule is [2H]C1=C(COCc2ccccc2)[C@@H](OCc2ccccc2)[C@H](OCc2ccccc2)[C@@H](OCc2ccccc2)C1=O. The molecular formula is C35H34O5. The minimum absolute atomic E-state index is 0.0650. The molecule has 0 saturated carbocycles. The van der Waals surface area contributed by atoms with Crippen molar-refractivity contribution < 1.29 is 25.1 Å². The number of rotatable bonds is 13. The molecule has 0 spiro atoms. The predicted octanol–water partition coefficient (Wildman–Crippen LogP) is 6.47. The molecule has 0 amide bonds. The van der Waals surface area contributed by atoms with Gasteiger partial charge in [-0.1, -0.05) is 121 Å². The summed E-state index contributed by atoms with van der Waals surface area (Å²) in [5, 5.41) is 0.